The number of halogens is 3. The lowest BCUT2D eigenvalue weighted by atomic mass is 10.1. The van der Waals surface area contributed by atoms with Crippen molar-refractivity contribution < 1.29 is 32.2 Å². The predicted octanol–water partition coefficient (Wildman–Crippen LogP) is 5.17. The van der Waals surface area contributed by atoms with Gasteiger partial charge in [0.05, 0.1) is 11.0 Å². The van der Waals surface area contributed by atoms with E-state index in [1.807, 2.05) is 0 Å². The van der Waals surface area contributed by atoms with Crippen molar-refractivity contribution in [2.75, 3.05) is 23.8 Å². The molecule has 36 heavy (non-hydrogen) atoms. The third kappa shape index (κ3) is 4.67. The van der Waals surface area contributed by atoms with Crippen LogP contribution in [0.4, 0.5) is 24.5 Å². The largest absolute Gasteiger partial charge is 0.486 e. The lowest BCUT2D eigenvalue weighted by Gasteiger charge is -2.18. The number of fused-ring (bicyclic) bond motifs is 2. The number of nitrogens with one attached hydrogen (secondary N) is 3. The van der Waals surface area contributed by atoms with Crippen molar-refractivity contribution in [3.05, 3.63) is 77.1 Å². The van der Waals surface area contributed by atoms with Crippen LogP contribution in [0, 0.1) is 6.92 Å². The third-order valence-corrected chi connectivity index (χ3v) is 5.56. The number of alkyl halides is 3. The molecule has 1 aromatic heterocycles. The number of aromatic amines is 1. The van der Waals surface area contributed by atoms with Gasteiger partial charge in [0.15, 0.2) is 11.5 Å². The SMILES string of the molecule is Cc1ccc(NC(=O)c2ccc3c(c2)OCCO3)cc1NC(=O)c1ccc2nc(C(F)(F)F)[nH]c2c1. The molecule has 0 spiro atoms. The molecule has 0 radical (unpaired) electrons. The summed E-state index contributed by atoms with van der Waals surface area (Å²) in [5.41, 5.74) is 2.30. The summed E-state index contributed by atoms with van der Waals surface area (Å²) >= 11 is 0. The molecule has 1 aliphatic rings. The first-order valence-corrected chi connectivity index (χ1v) is 10.9. The van der Waals surface area contributed by atoms with Gasteiger partial charge in [-0.05, 0) is 61.0 Å². The maximum absolute atomic E-state index is 12.9. The molecule has 3 N–H and O–H groups in total. The Morgan fingerprint density at radius 2 is 1.58 bits per heavy atom. The van der Waals surface area contributed by atoms with E-state index in [0.717, 1.165) is 5.56 Å². The summed E-state index contributed by atoms with van der Waals surface area (Å²) in [6, 6.07) is 13.9. The zero-order valence-corrected chi connectivity index (χ0v) is 18.8. The molecule has 2 heterocycles. The first-order chi connectivity index (χ1) is 17.2. The van der Waals surface area contributed by atoms with Gasteiger partial charge in [-0.1, -0.05) is 6.07 Å². The second-order valence-electron chi connectivity index (χ2n) is 8.11. The van der Waals surface area contributed by atoms with Gasteiger partial charge in [0.2, 0.25) is 5.82 Å². The number of aromatic nitrogens is 2. The lowest BCUT2D eigenvalue weighted by Crippen LogP contribution is -2.17. The number of anilines is 2. The molecular weight excluding hydrogens is 477 g/mol. The lowest BCUT2D eigenvalue weighted by molar-refractivity contribution is -0.144. The van der Waals surface area contributed by atoms with Gasteiger partial charge in [0.1, 0.15) is 13.2 Å². The van der Waals surface area contributed by atoms with E-state index in [0.29, 0.717) is 41.7 Å². The van der Waals surface area contributed by atoms with Crippen LogP contribution in [-0.4, -0.2) is 35.0 Å². The fraction of sp³-hybridized carbons (Fsp3) is 0.160. The van der Waals surface area contributed by atoms with Crippen LogP contribution in [0.2, 0.25) is 0 Å². The number of imidazole rings is 1. The molecule has 0 bridgehead atoms. The Kier molecular flexibility index (Phi) is 5.75. The van der Waals surface area contributed by atoms with Crippen LogP contribution in [0.15, 0.2) is 54.6 Å². The Morgan fingerprint density at radius 1 is 0.889 bits per heavy atom. The molecule has 2 amide bonds. The van der Waals surface area contributed by atoms with Crippen molar-refractivity contribution in [3.63, 3.8) is 0 Å². The van der Waals surface area contributed by atoms with E-state index in [4.69, 9.17) is 9.47 Å². The first-order valence-electron chi connectivity index (χ1n) is 10.9. The van der Waals surface area contributed by atoms with Crippen molar-refractivity contribution in [1.82, 2.24) is 9.97 Å². The highest BCUT2D eigenvalue weighted by Crippen LogP contribution is 2.32. The molecule has 11 heteroatoms. The molecule has 4 aromatic rings. The van der Waals surface area contributed by atoms with E-state index in [1.54, 1.807) is 43.3 Å². The number of ether oxygens (including phenoxy) is 2. The summed E-state index contributed by atoms with van der Waals surface area (Å²) < 4.78 is 49.7. The van der Waals surface area contributed by atoms with Gasteiger partial charge in [0, 0.05) is 22.5 Å². The van der Waals surface area contributed by atoms with Crippen LogP contribution in [0.3, 0.4) is 0 Å². The number of hydrogen-bond donors (Lipinski definition) is 3. The normalized spacial score (nSPS) is 12.9. The van der Waals surface area contributed by atoms with E-state index in [-0.39, 0.29) is 22.5 Å². The molecule has 1 aliphatic heterocycles. The van der Waals surface area contributed by atoms with E-state index >= 15 is 0 Å². The maximum atomic E-state index is 12.9. The van der Waals surface area contributed by atoms with E-state index in [1.165, 1.54) is 18.2 Å². The van der Waals surface area contributed by atoms with Gasteiger partial charge in [-0.15, -0.1) is 0 Å². The summed E-state index contributed by atoms with van der Waals surface area (Å²) in [6.45, 7) is 2.62. The number of benzene rings is 3. The standard InChI is InChI=1S/C25H19F3N4O4/c1-13-2-5-16(29-22(33)15-4-7-20-21(11-15)36-9-8-35-20)12-18(13)30-23(34)14-3-6-17-19(10-14)32-24(31-17)25(26,27)28/h2-7,10-12H,8-9H2,1H3,(H,29,33)(H,30,34)(H,31,32). The van der Waals surface area contributed by atoms with Crippen LogP contribution in [-0.2, 0) is 6.18 Å². The Morgan fingerprint density at radius 3 is 2.36 bits per heavy atom. The fourth-order valence-corrected chi connectivity index (χ4v) is 3.70. The molecule has 5 rings (SSSR count). The number of carbonyl (C=O) groups is 2. The van der Waals surface area contributed by atoms with Gasteiger partial charge in [0.25, 0.3) is 11.8 Å². The number of carbonyl (C=O) groups excluding carboxylic acids is 2. The molecule has 0 saturated heterocycles. The number of nitrogens with zero attached hydrogens (tertiary/aromatic N) is 1. The first kappa shape index (κ1) is 23.2. The molecule has 0 unspecified atom stereocenters. The zero-order valence-electron chi connectivity index (χ0n) is 18.8. The highest BCUT2D eigenvalue weighted by molar-refractivity contribution is 6.08. The highest BCUT2D eigenvalue weighted by Gasteiger charge is 2.34. The van der Waals surface area contributed by atoms with Crippen molar-refractivity contribution in [2.24, 2.45) is 0 Å². The van der Waals surface area contributed by atoms with Crippen molar-refractivity contribution >= 4 is 34.2 Å². The molecule has 0 atom stereocenters. The summed E-state index contributed by atoms with van der Waals surface area (Å²) in [4.78, 5) is 31.3. The molecule has 0 saturated carbocycles. The summed E-state index contributed by atoms with van der Waals surface area (Å²) in [5.74, 6) is -0.979. The van der Waals surface area contributed by atoms with Crippen LogP contribution in [0.25, 0.3) is 11.0 Å². The topological polar surface area (TPSA) is 105 Å². The Hall–Kier alpha value is -4.54. The van der Waals surface area contributed by atoms with Gasteiger partial charge >= 0.3 is 6.18 Å². The summed E-state index contributed by atoms with van der Waals surface area (Å²) in [6.07, 6.45) is -4.62. The Labute approximate surface area is 202 Å². The second-order valence-corrected chi connectivity index (χ2v) is 8.11. The monoisotopic (exact) mass is 496 g/mol. The summed E-state index contributed by atoms with van der Waals surface area (Å²) in [7, 11) is 0. The number of rotatable bonds is 4. The molecule has 8 nitrogen and oxygen atoms in total. The average molecular weight is 496 g/mol. The number of amides is 2. The molecule has 3 aromatic carbocycles. The van der Waals surface area contributed by atoms with E-state index in [2.05, 4.69) is 20.6 Å². The van der Waals surface area contributed by atoms with Crippen molar-refractivity contribution in [3.8, 4) is 11.5 Å². The fourth-order valence-electron chi connectivity index (χ4n) is 3.70. The quantitative estimate of drug-likeness (QED) is 0.362. The zero-order chi connectivity index (χ0) is 25.4. The minimum absolute atomic E-state index is 0.0899. The van der Waals surface area contributed by atoms with Crippen molar-refractivity contribution in [2.45, 2.75) is 13.1 Å². The minimum atomic E-state index is -4.62. The molecule has 0 fully saturated rings. The maximum Gasteiger partial charge on any atom is 0.449 e. The number of aryl methyl sites for hydroxylation is 1. The van der Waals surface area contributed by atoms with Crippen LogP contribution < -0.4 is 20.1 Å². The average Bonchev–Trinajstić information content (AvgIpc) is 3.30. The minimum Gasteiger partial charge on any atom is -0.486 e. The van der Waals surface area contributed by atoms with E-state index < -0.39 is 17.9 Å². The van der Waals surface area contributed by atoms with Gasteiger partial charge in [-0.3, -0.25) is 9.59 Å². The summed E-state index contributed by atoms with van der Waals surface area (Å²) in [5, 5.41) is 5.52. The molecular formula is C25H19F3N4O4. The van der Waals surface area contributed by atoms with Gasteiger partial charge < -0.3 is 25.1 Å². The molecule has 0 aliphatic carbocycles. The van der Waals surface area contributed by atoms with Gasteiger partial charge in [-0.25, -0.2) is 4.98 Å². The van der Waals surface area contributed by atoms with Gasteiger partial charge in [-0.2, -0.15) is 13.2 Å². The Bertz CT molecular complexity index is 1500. The predicted molar refractivity (Wildman–Crippen MR) is 126 cm³/mol. The van der Waals surface area contributed by atoms with Crippen LogP contribution in [0.1, 0.15) is 32.1 Å². The van der Waals surface area contributed by atoms with E-state index in [9.17, 15) is 22.8 Å². The highest BCUT2D eigenvalue weighted by atomic mass is 19.4. The third-order valence-electron chi connectivity index (χ3n) is 5.56. The number of hydrogen-bond acceptors (Lipinski definition) is 5. The Balaban J connectivity index is 1.32. The van der Waals surface area contributed by atoms with Crippen LogP contribution >= 0.6 is 0 Å². The van der Waals surface area contributed by atoms with Crippen LogP contribution in [0.5, 0.6) is 11.5 Å². The van der Waals surface area contributed by atoms with Crippen molar-refractivity contribution in [1.29, 1.82) is 0 Å². The smallest absolute Gasteiger partial charge is 0.449 e. The molecule has 184 valence electrons. The second kappa shape index (κ2) is 8.91. The number of H-pyrrole nitrogens is 1.